The molecule has 0 aliphatic carbocycles. The number of rotatable bonds is 8. The number of allylic oxidation sites excluding steroid dienone is 1. The molecule has 7 nitrogen and oxygen atoms in total. The zero-order chi connectivity index (χ0) is 22.4. The van der Waals surface area contributed by atoms with E-state index in [4.69, 9.17) is 17.0 Å². The number of carbonyl (C=O) groups excluding carboxylic acids is 1. The number of nitrogens with zero attached hydrogens (tertiary/aromatic N) is 2. The maximum atomic E-state index is 12.8. The van der Waals surface area contributed by atoms with Gasteiger partial charge in [-0.15, -0.1) is 0 Å². The fourth-order valence-electron chi connectivity index (χ4n) is 3.81. The molecule has 8 heteroatoms. The number of benzene rings is 1. The summed E-state index contributed by atoms with van der Waals surface area (Å²) >= 11 is 5.36. The first-order valence-electron chi connectivity index (χ1n) is 10.8. The third-order valence-corrected chi connectivity index (χ3v) is 5.98. The average Bonchev–Trinajstić information content (AvgIpc) is 2.75. The fraction of sp³-hybridized carbons (Fsp3) is 0.522. The Labute approximate surface area is 188 Å². The standard InChI is InChI=1S/C23H32N4O3S/c1-16(2)7-11-26-12-8-18(9-13-26)24-21(28)17-5-6-19-20(15-17)25-23(31)27(22(19)29)10-4-14-30-3/h5-7,15,18H,4,8-14H2,1-3H3,(H,24,28)(H,25,31). The molecule has 0 atom stereocenters. The lowest BCUT2D eigenvalue weighted by Crippen LogP contribution is -2.44. The van der Waals surface area contributed by atoms with E-state index in [-0.39, 0.29) is 17.5 Å². The van der Waals surface area contributed by atoms with Crippen molar-refractivity contribution in [3.05, 3.63) is 50.5 Å². The van der Waals surface area contributed by atoms with Crippen molar-refractivity contribution in [1.82, 2.24) is 19.8 Å². The number of carbonyl (C=O) groups is 1. The van der Waals surface area contributed by atoms with Crippen LogP contribution < -0.4 is 10.9 Å². The van der Waals surface area contributed by atoms with E-state index in [2.05, 4.69) is 35.1 Å². The Bertz CT molecular complexity index is 1060. The van der Waals surface area contributed by atoms with Gasteiger partial charge in [-0.3, -0.25) is 19.1 Å². The van der Waals surface area contributed by atoms with Crippen LogP contribution in [0.3, 0.4) is 0 Å². The van der Waals surface area contributed by atoms with Gasteiger partial charge in [0.15, 0.2) is 4.77 Å². The van der Waals surface area contributed by atoms with E-state index in [0.717, 1.165) is 32.5 Å². The van der Waals surface area contributed by atoms with E-state index < -0.39 is 0 Å². The van der Waals surface area contributed by atoms with Crippen LogP contribution in [0.1, 0.15) is 43.5 Å². The summed E-state index contributed by atoms with van der Waals surface area (Å²) in [5.74, 6) is -0.117. The molecule has 0 spiro atoms. The van der Waals surface area contributed by atoms with Crippen LogP contribution in [0.4, 0.5) is 0 Å². The average molecular weight is 445 g/mol. The Kier molecular flexibility index (Phi) is 8.17. The first-order valence-corrected chi connectivity index (χ1v) is 11.2. The second-order valence-electron chi connectivity index (χ2n) is 8.32. The van der Waals surface area contributed by atoms with Crippen molar-refractivity contribution in [1.29, 1.82) is 0 Å². The molecule has 1 aliphatic heterocycles. The van der Waals surface area contributed by atoms with Crippen LogP contribution in [0.5, 0.6) is 0 Å². The molecule has 2 N–H and O–H groups in total. The van der Waals surface area contributed by atoms with Crippen LogP contribution in [0.15, 0.2) is 34.6 Å². The van der Waals surface area contributed by atoms with Gasteiger partial charge in [0.05, 0.1) is 10.9 Å². The summed E-state index contributed by atoms with van der Waals surface area (Å²) in [5, 5.41) is 3.67. The molecule has 1 aromatic heterocycles. The number of H-pyrrole nitrogens is 1. The highest BCUT2D eigenvalue weighted by atomic mass is 32.1. The van der Waals surface area contributed by atoms with Gasteiger partial charge in [0.2, 0.25) is 0 Å². The highest BCUT2D eigenvalue weighted by Gasteiger charge is 2.21. The van der Waals surface area contributed by atoms with Crippen molar-refractivity contribution in [3.8, 4) is 0 Å². The number of ether oxygens (including phenoxy) is 1. The van der Waals surface area contributed by atoms with E-state index >= 15 is 0 Å². The second-order valence-corrected chi connectivity index (χ2v) is 8.71. The molecule has 1 aliphatic rings. The van der Waals surface area contributed by atoms with Crippen LogP contribution in [-0.2, 0) is 11.3 Å². The fourth-order valence-corrected chi connectivity index (χ4v) is 4.09. The molecular weight excluding hydrogens is 412 g/mol. The summed E-state index contributed by atoms with van der Waals surface area (Å²) in [6.07, 6.45) is 4.81. The summed E-state index contributed by atoms with van der Waals surface area (Å²) < 4.78 is 6.95. The lowest BCUT2D eigenvalue weighted by Gasteiger charge is -2.31. The van der Waals surface area contributed by atoms with Gasteiger partial charge in [0, 0.05) is 51.5 Å². The van der Waals surface area contributed by atoms with E-state index in [9.17, 15) is 9.59 Å². The quantitative estimate of drug-likeness (QED) is 0.371. The van der Waals surface area contributed by atoms with Gasteiger partial charge in [0.1, 0.15) is 0 Å². The minimum absolute atomic E-state index is 0.117. The molecule has 31 heavy (non-hydrogen) atoms. The molecule has 168 valence electrons. The van der Waals surface area contributed by atoms with Crippen molar-refractivity contribution in [2.75, 3.05) is 33.4 Å². The number of amides is 1. The van der Waals surface area contributed by atoms with Crippen molar-refractivity contribution in [2.24, 2.45) is 0 Å². The molecule has 3 rings (SSSR count). The number of aromatic nitrogens is 2. The minimum Gasteiger partial charge on any atom is -0.385 e. The van der Waals surface area contributed by atoms with Gasteiger partial charge in [-0.2, -0.15) is 0 Å². The molecule has 1 saturated heterocycles. The van der Waals surface area contributed by atoms with Crippen molar-refractivity contribution < 1.29 is 9.53 Å². The van der Waals surface area contributed by atoms with Gasteiger partial charge in [-0.25, -0.2) is 0 Å². The molecular formula is C23H32N4O3S. The first-order chi connectivity index (χ1) is 14.9. The van der Waals surface area contributed by atoms with Crippen LogP contribution >= 0.6 is 12.2 Å². The summed E-state index contributed by atoms with van der Waals surface area (Å²) in [5.41, 5.74) is 2.29. The number of aromatic amines is 1. The van der Waals surface area contributed by atoms with Crippen molar-refractivity contribution in [3.63, 3.8) is 0 Å². The predicted octanol–water partition coefficient (Wildman–Crippen LogP) is 3.26. The maximum Gasteiger partial charge on any atom is 0.262 e. The molecule has 2 aromatic rings. The Balaban J connectivity index is 1.67. The number of piperidine rings is 1. The number of likely N-dealkylation sites (tertiary alicyclic amines) is 1. The summed E-state index contributed by atoms with van der Waals surface area (Å²) in [7, 11) is 1.63. The molecule has 1 amide bonds. The Morgan fingerprint density at radius 2 is 2.06 bits per heavy atom. The number of hydrogen-bond donors (Lipinski definition) is 2. The molecule has 0 unspecified atom stereocenters. The van der Waals surface area contributed by atoms with E-state index in [1.165, 1.54) is 5.57 Å². The molecule has 0 radical (unpaired) electrons. The first kappa shape index (κ1) is 23.4. The van der Waals surface area contributed by atoms with E-state index in [1.54, 1.807) is 29.9 Å². The summed E-state index contributed by atoms with van der Waals surface area (Å²) in [6, 6.07) is 5.29. The van der Waals surface area contributed by atoms with Crippen LogP contribution in [0.2, 0.25) is 0 Å². The summed E-state index contributed by atoms with van der Waals surface area (Å²) in [4.78, 5) is 31.1. The van der Waals surface area contributed by atoms with Gasteiger partial charge in [-0.1, -0.05) is 11.6 Å². The van der Waals surface area contributed by atoms with Gasteiger partial charge in [0.25, 0.3) is 11.5 Å². The Hall–Kier alpha value is -2.29. The van der Waals surface area contributed by atoms with E-state index in [0.29, 0.717) is 40.8 Å². The maximum absolute atomic E-state index is 12.8. The highest BCUT2D eigenvalue weighted by Crippen LogP contribution is 2.14. The van der Waals surface area contributed by atoms with Gasteiger partial charge < -0.3 is 15.0 Å². The van der Waals surface area contributed by atoms with Crippen molar-refractivity contribution in [2.45, 2.75) is 45.7 Å². The highest BCUT2D eigenvalue weighted by molar-refractivity contribution is 7.71. The Morgan fingerprint density at radius 1 is 1.32 bits per heavy atom. The number of nitrogens with one attached hydrogen (secondary N) is 2. The SMILES string of the molecule is COCCCn1c(=S)[nH]c2cc(C(=O)NC3CCN(CC=C(C)C)CC3)ccc2c1=O. The smallest absolute Gasteiger partial charge is 0.262 e. The zero-order valence-corrected chi connectivity index (χ0v) is 19.4. The summed E-state index contributed by atoms with van der Waals surface area (Å²) in [6.45, 7) is 8.19. The van der Waals surface area contributed by atoms with Gasteiger partial charge >= 0.3 is 0 Å². The topological polar surface area (TPSA) is 79.4 Å². The third-order valence-electron chi connectivity index (χ3n) is 5.65. The Morgan fingerprint density at radius 3 is 2.74 bits per heavy atom. The molecule has 2 heterocycles. The monoisotopic (exact) mass is 444 g/mol. The van der Waals surface area contributed by atoms with Crippen molar-refractivity contribution >= 4 is 29.0 Å². The normalized spacial score (nSPS) is 15.2. The predicted molar refractivity (Wildman–Crippen MR) is 126 cm³/mol. The van der Waals surface area contributed by atoms with Gasteiger partial charge in [-0.05, 0) is 63.5 Å². The molecule has 0 bridgehead atoms. The van der Waals surface area contributed by atoms with E-state index in [1.807, 2.05) is 0 Å². The number of fused-ring (bicyclic) bond motifs is 1. The van der Waals surface area contributed by atoms with Crippen LogP contribution in [0.25, 0.3) is 10.9 Å². The van der Waals surface area contributed by atoms with Crippen LogP contribution in [0, 0.1) is 4.77 Å². The zero-order valence-electron chi connectivity index (χ0n) is 18.6. The molecule has 1 fully saturated rings. The lowest BCUT2D eigenvalue weighted by molar-refractivity contribution is 0.0914. The largest absolute Gasteiger partial charge is 0.385 e. The number of hydrogen-bond acceptors (Lipinski definition) is 5. The molecule has 1 aromatic carbocycles. The van der Waals surface area contributed by atoms with Crippen LogP contribution in [-0.4, -0.2) is 59.8 Å². The third kappa shape index (κ3) is 6.12. The molecule has 0 saturated carbocycles. The number of methoxy groups -OCH3 is 1. The second kappa shape index (κ2) is 10.8. The minimum atomic E-state index is -0.148. The lowest BCUT2D eigenvalue weighted by atomic mass is 10.0.